The molecule has 1 aromatic heterocycles. The molecular weight excluding hydrogens is 226 g/mol. The van der Waals surface area contributed by atoms with Crippen molar-refractivity contribution in [2.45, 2.75) is 51.9 Å². The van der Waals surface area contributed by atoms with Gasteiger partial charge in [0.25, 0.3) is 0 Å². The van der Waals surface area contributed by atoms with E-state index in [9.17, 15) is 5.26 Å². The van der Waals surface area contributed by atoms with E-state index in [-0.39, 0.29) is 5.41 Å². The van der Waals surface area contributed by atoms with E-state index in [4.69, 9.17) is 0 Å². The summed E-state index contributed by atoms with van der Waals surface area (Å²) in [6.07, 6.45) is 8.16. The average molecular weight is 247 g/mol. The van der Waals surface area contributed by atoms with Gasteiger partial charge in [0.2, 0.25) is 0 Å². The zero-order chi connectivity index (χ0) is 12.1. The summed E-state index contributed by atoms with van der Waals surface area (Å²) >= 11 is 1.75. The predicted octanol–water partition coefficient (Wildman–Crippen LogP) is 4.79. The molecule has 0 radical (unpaired) electrons. The van der Waals surface area contributed by atoms with E-state index in [1.54, 1.807) is 11.3 Å². The molecule has 0 amide bonds. The van der Waals surface area contributed by atoms with Crippen molar-refractivity contribution < 1.29 is 0 Å². The third kappa shape index (κ3) is 3.10. The first-order valence-corrected chi connectivity index (χ1v) is 7.64. The average Bonchev–Trinajstić information content (AvgIpc) is 2.90. The molecule has 0 unspecified atom stereocenters. The van der Waals surface area contributed by atoms with E-state index in [1.807, 2.05) is 0 Å². The number of nitriles is 1. The normalized spacial score (nSPS) is 28.8. The summed E-state index contributed by atoms with van der Waals surface area (Å²) in [5.74, 6) is 0.873. The number of hydrogen-bond acceptors (Lipinski definition) is 2. The van der Waals surface area contributed by atoms with Crippen LogP contribution in [0, 0.1) is 22.7 Å². The molecule has 2 rings (SSSR count). The summed E-state index contributed by atoms with van der Waals surface area (Å²) in [6.45, 7) is 2.27. The van der Waals surface area contributed by atoms with Crippen LogP contribution in [0.25, 0.3) is 0 Å². The molecule has 1 aromatic rings. The van der Waals surface area contributed by atoms with E-state index < -0.39 is 0 Å². The van der Waals surface area contributed by atoms with Crippen LogP contribution >= 0.6 is 11.3 Å². The number of nitrogens with zero attached hydrogens (tertiary/aromatic N) is 1. The number of rotatable bonds is 4. The SMILES string of the molecule is CCC1CCC(C#N)(CCc2ccsc2)CC1. The van der Waals surface area contributed by atoms with E-state index in [0.717, 1.165) is 31.6 Å². The maximum Gasteiger partial charge on any atom is 0.0689 e. The highest BCUT2D eigenvalue weighted by molar-refractivity contribution is 7.07. The Labute approximate surface area is 108 Å². The first-order chi connectivity index (χ1) is 8.28. The summed E-state index contributed by atoms with van der Waals surface area (Å²) in [5.41, 5.74) is 1.38. The topological polar surface area (TPSA) is 23.8 Å². The van der Waals surface area contributed by atoms with E-state index >= 15 is 0 Å². The second-order valence-electron chi connectivity index (χ2n) is 5.38. The van der Waals surface area contributed by atoms with Gasteiger partial charge in [-0.2, -0.15) is 16.6 Å². The molecule has 0 aromatic carbocycles. The maximum absolute atomic E-state index is 9.48. The third-order valence-corrected chi connectivity index (χ3v) is 5.08. The lowest BCUT2D eigenvalue weighted by Crippen LogP contribution is -2.26. The molecule has 0 atom stereocenters. The van der Waals surface area contributed by atoms with Crippen LogP contribution < -0.4 is 0 Å². The Hall–Kier alpha value is -0.810. The molecule has 0 aliphatic heterocycles. The molecule has 2 heteroatoms. The van der Waals surface area contributed by atoms with Crippen molar-refractivity contribution in [3.63, 3.8) is 0 Å². The Morgan fingerprint density at radius 1 is 1.47 bits per heavy atom. The second-order valence-corrected chi connectivity index (χ2v) is 6.16. The van der Waals surface area contributed by atoms with Gasteiger partial charge < -0.3 is 0 Å². The first-order valence-electron chi connectivity index (χ1n) is 6.70. The fraction of sp³-hybridized carbons (Fsp3) is 0.667. The third-order valence-electron chi connectivity index (χ3n) is 4.35. The smallest absolute Gasteiger partial charge is 0.0689 e. The molecule has 92 valence electrons. The van der Waals surface area contributed by atoms with E-state index in [1.165, 1.54) is 24.8 Å². The van der Waals surface area contributed by atoms with Crippen LogP contribution in [0.15, 0.2) is 16.8 Å². The van der Waals surface area contributed by atoms with Gasteiger partial charge in [0.1, 0.15) is 0 Å². The van der Waals surface area contributed by atoms with Gasteiger partial charge in [0.15, 0.2) is 0 Å². The van der Waals surface area contributed by atoms with Crippen LogP contribution in [0.4, 0.5) is 0 Å². The quantitative estimate of drug-likeness (QED) is 0.750. The highest BCUT2D eigenvalue weighted by Gasteiger charge is 2.34. The van der Waals surface area contributed by atoms with Crippen molar-refractivity contribution in [2.75, 3.05) is 0 Å². The van der Waals surface area contributed by atoms with Crippen molar-refractivity contribution >= 4 is 11.3 Å². The van der Waals surface area contributed by atoms with E-state index in [2.05, 4.69) is 29.8 Å². The fourth-order valence-electron chi connectivity index (χ4n) is 2.87. The highest BCUT2D eigenvalue weighted by Crippen LogP contribution is 2.42. The first kappa shape index (κ1) is 12.6. The van der Waals surface area contributed by atoms with Crippen molar-refractivity contribution in [2.24, 2.45) is 11.3 Å². The molecular formula is C15H21NS. The Morgan fingerprint density at radius 2 is 2.24 bits per heavy atom. The number of thiophene rings is 1. The van der Waals surface area contributed by atoms with Gasteiger partial charge in [-0.15, -0.1) is 0 Å². The van der Waals surface area contributed by atoms with Gasteiger partial charge in [0.05, 0.1) is 11.5 Å². The standard InChI is InChI=1S/C15H21NS/c1-2-13-3-7-15(12-16,8-4-13)9-5-14-6-10-17-11-14/h6,10-11,13H,2-5,7-9H2,1H3. The number of hydrogen-bond donors (Lipinski definition) is 0. The molecule has 0 bridgehead atoms. The molecule has 0 saturated heterocycles. The van der Waals surface area contributed by atoms with Gasteiger partial charge in [-0.1, -0.05) is 13.3 Å². The molecule has 1 saturated carbocycles. The van der Waals surface area contributed by atoms with Crippen LogP contribution in [-0.2, 0) is 6.42 Å². The second kappa shape index (κ2) is 5.69. The summed E-state index contributed by atoms with van der Waals surface area (Å²) in [7, 11) is 0. The van der Waals surface area contributed by atoms with Gasteiger partial charge in [-0.25, -0.2) is 0 Å². The maximum atomic E-state index is 9.48. The number of aryl methyl sites for hydroxylation is 1. The van der Waals surface area contributed by atoms with Crippen LogP contribution in [0.2, 0.25) is 0 Å². The van der Waals surface area contributed by atoms with Gasteiger partial charge in [-0.3, -0.25) is 0 Å². The molecule has 1 aliphatic carbocycles. The molecule has 1 fully saturated rings. The zero-order valence-corrected chi connectivity index (χ0v) is 11.4. The van der Waals surface area contributed by atoms with Gasteiger partial charge in [-0.05, 0) is 66.8 Å². The minimum atomic E-state index is -0.0202. The minimum absolute atomic E-state index is 0.0202. The summed E-state index contributed by atoms with van der Waals surface area (Å²) in [4.78, 5) is 0. The molecule has 1 nitrogen and oxygen atoms in total. The highest BCUT2D eigenvalue weighted by atomic mass is 32.1. The van der Waals surface area contributed by atoms with Gasteiger partial charge >= 0.3 is 0 Å². The zero-order valence-electron chi connectivity index (χ0n) is 10.6. The van der Waals surface area contributed by atoms with Crippen molar-refractivity contribution in [3.05, 3.63) is 22.4 Å². The summed E-state index contributed by atoms with van der Waals surface area (Å²) in [5, 5.41) is 13.8. The fourth-order valence-corrected chi connectivity index (χ4v) is 3.58. The molecule has 0 spiro atoms. The largest absolute Gasteiger partial charge is 0.198 e. The summed E-state index contributed by atoms with van der Waals surface area (Å²) in [6, 6.07) is 4.82. The Balaban J connectivity index is 1.90. The molecule has 17 heavy (non-hydrogen) atoms. The van der Waals surface area contributed by atoms with Crippen LogP contribution in [0.3, 0.4) is 0 Å². The van der Waals surface area contributed by atoms with Crippen molar-refractivity contribution in [1.29, 1.82) is 5.26 Å². The molecule has 0 N–H and O–H groups in total. The Kier molecular flexibility index (Phi) is 4.23. The molecule has 1 heterocycles. The van der Waals surface area contributed by atoms with Crippen LogP contribution in [0.5, 0.6) is 0 Å². The van der Waals surface area contributed by atoms with Crippen LogP contribution in [-0.4, -0.2) is 0 Å². The lowest BCUT2D eigenvalue weighted by Gasteiger charge is -2.34. The minimum Gasteiger partial charge on any atom is -0.198 e. The van der Waals surface area contributed by atoms with Crippen molar-refractivity contribution in [1.82, 2.24) is 0 Å². The lowest BCUT2D eigenvalue weighted by molar-refractivity contribution is 0.194. The molecule has 1 aliphatic rings. The van der Waals surface area contributed by atoms with Crippen LogP contribution in [0.1, 0.15) is 51.0 Å². The van der Waals surface area contributed by atoms with Gasteiger partial charge in [0, 0.05) is 0 Å². The monoisotopic (exact) mass is 247 g/mol. The van der Waals surface area contributed by atoms with Crippen molar-refractivity contribution in [3.8, 4) is 6.07 Å². The lowest BCUT2D eigenvalue weighted by atomic mass is 9.68. The van der Waals surface area contributed by atoms with E-state index in [0.29, 0.717) is 0 Å². The Morgan fingerprint density at radius 3 is 2.76 bits per heavy atom. The Bertz CT molecular complexity index is 366. The summed E-state index contributed by atoms with van der Waals surface area (Å²) < 4.78 is 0. The predicted molar refractivity (Wildman–Crippen MR) is 72.9 cm³/mol.